The summed E-state index contributed by atoms with van der Waals surface area (Å²) in [7, 11) is 1.49. The Morgan fingerprint density at radius 2 is 1.96 bits per heavy atom. The van der Waals surface area contributed by atoms with Crippen molar-refractivity contribution in [3.63, 3.8) is 0 Å². The molecular formula is C20H29NO5. The van der Waals surface area contributed by atoms with Gasteiger partial charge in [-0.2, -0.15) is 0 Å². The van der Waals surface area contributed by atoms with Crippen LogP contribution in [0.25, 0.3) is 0 Å². The highest BCUT2D eigenvalue weighted by molar-refractivity contribution is 5.79. The molecule has 0 spiro atoms. The topological polar surface area (TPSA) is 84.9 Å². The van der Waals surface area contributed by atoms with Crippen LogP contribution >= 0.6 is 0 Å². The molecule has 0 atom stereocenters. The predicted octanol–water partition coefficient (Wildman–Crippen LogP) is 2.96. The molecule has 1 aromatic rings. The molecule has 0 aromatic heterocycles. The number of rotatable bonds is 8. The van der Waals surface area contributed by atoms with Gasteiger partial charge in [-0.1, -0.05) is 6.07 Å². The summed E-state index contributed by atoms with van der Waals surface area (Å²) in [6.45, 7) is 2.25. The van der Waals surface area contributed by atoms with Crippen LogP contribution in [-0.2, 0) is 20.7 Å². The van der Waals surface area contributed by atoms with Crippen LogP contribution in [0.4, 0.5) is 0 Å². The van der Waals surface area contributed by atoms with Crippen LogP contribution in [0.15, 0.2) is 18.2 Å². The third-order valence-electron chi connectivity index (χ3n) is 4.88. The van der Waals surface area contributed by atoms with E-state index in [1.807, 2.05) is 6.92 Å². The number of hydrogen-bond acceptors (Lipinski definition) is 5. The normalized spacial score (nSPS) is 19.6. The summed E-state index contributed by atoms with van der Waals surface area (Å²) >= 11 is 0. The van der Waals surface area contributed by atoms with E-state index in [0.29, 0.717) is 24.7 Å². The fourth-order valence-corrected chi connectivity index (χ4v) is 3.45. The highest BCUT2D eigenvalue weighted by Gasteiger charge is 2.23. The average molecular weight is 363 g/mol. The van der Waals surface area contributed by atoms with E-state index in [1.54, 1.807) is 12.1 Å². The van der Waals surface area contributed by atoms with Crippen LogP contribution in [0, 0.1) is 5.92 Å². The lowest BCUT2D eigenvalue weighted by molar-refractivity contribution is -0.143. The maximum absolute atomic E-state index is 12.3. The fraction of sp³-hybridized carbons (Fsp3) is 0.600. The fourth-order valence-electron chi connectivity index (χ4n) is 3.45. The maximum atomic E-state index is 12.3. The van der Waals surface area contributed by atoms with Crippen molar-refractivity contribution >= 4 is 11.9 Å². The summed E-state index contributed by atoms with van der Waals surface area (Å²) in [5.41, 5.74) is 0.806. The number of amides is 1. The summed E-state index contributed by atoms with van der Waals surface area (Å²) in [6, 6.07) is 5.14. The van der Waals surface area contributed by atoms with E-state index in [4.69, 9.17) is 9.47 Å². The third kappa shape index (κ3) is 6.24. The minimum atomic E-state index is -0.118. The molecule has 0 aliphatic heterocycles. The minimum Gasteiger partial charge on any atom is -0.504 e. The van der Waals surface area contributed by atoms with Crippen molar-refractivity contribution < 1.29 is 24.2 Å². The van der Waals surface area contributed by atoms with Crippen molar-refractivity contribution in [1.82, 2.24) is 5.32 Å². The molecule has 6 heteroatoms. The Morgan fingerprint density at radius 3 is 2.62 bits per heavy atom. The number of esters is 1. The van der Waals surface area contributed by atoms with Crippen LogP contribution in [0.2, 0.25) is 0 Å². The number of phenolic OH excluding ortho intramolecular Hbond substituents is 1. The average Bonchev–Trinajstić information content (AvgIpc) is 2.63. The van der Waals surface area contributed by atoms with E-state index in [0.717, 1.165) is 37.7 Å². The van der Waals surface area contributed by atoms with Crippen molar-refractivity contribution in [2.45, 2.75) is 57.9 Å². The number of carbonyl (C=O) groups excluding carboxylic acids is 2. The number of phenols is 1. The zero-order chi connectivity index (χ0) is 18.9. The Hall–Kier alpha value is -2.24. The summed E-state index contributed by atoms with van der Waals surface area (Å²) in [5.74, 6) is 0.837. The van der Waals surface area contributed by atoms with Crippen molar-refractivity contribution in [3.05, 3.63) is 23.8 Å². The first-order valence-corrected chi connectivity index (χ1v) is 9.32. The van der Waals surface area contributed by atoms with E-state index < -0.39 is 0 Å². The van der Waals surface area contributed by atoms with Crippen LogP contribution < -0.4 is 10.1 Å². The zero-order valence-corrected chi connectivity index (χ0v) is 15.6. The SMILES string of the molecule is CCOC(=O)CCC1CCC(NC(=O)Cc2ccc(O)c(OC)c2)CC1. The zero-order valence-electron chi connectivity index (χ0n) is 15.6. The lowest BCUT2D eigenvalue weighted by atomic mass is 9.83. The van der Waals surface area contributed by atoms with Gasteiger partial charge in [0.2, 0.25) is 5.91 Å². The number of hydrogen-bond donors (Lipinski definition) is 2. The largest absolute Gasteiger partial charge is 0.504 e. The van der Waals surface area contributed by atoms with Gasteiger partial charge in [0.1, 0.15) is 0 Å². The molecule has 2 N–H and O–H groups in total. The second-order valence-corrected chi connectivity index (χ2v) is 6.81. The molecule has 2 rings (SSSR count). The predicted molar refractivity (Wildman–Crippen MR) is 98.1 cm³/mol. The summed E-state index contributed by atoms with van der Waals surface area (Å²) in [4.78, 5) is 23.7. The van der Waals surface area contributed by atoms with Crippen molar-refractivity contribution in [2.24, 2.45) is 5.92 Å². The molecule has 6 nitrogen and oxygen atoms in total. The number of aromatic hydroxyl groups is 1. The van der Waals surface area contributed by atoms with Crippen molar-refractivity contribution in [1.29, 1.82) is 0 Å². The van der Waals surface area contributed by atoms with Gasteiger partial charge >= 0.3 is 5.97 Å². The summed E-state index contributed by atoms with van der Waals surface area (Å²) < 4.78 is 10.0. The number of methoxy groups -OCH3 is 1. The van der Waals surface area contributed by atoms with Crippen LogP contribution in [-0.4, -0.2) is 36.7 Å². The molecule has 0 bridgehead atoms. The molecule has 26 heavy (non-hydrogen) atoms. The van der Waals surface area contributed by atoms with Gasteiger partial charge in [0.15, 0.2) is 11.5 Å². The summed E-state index contributed by atoms with van der Waals surface area (Å²) in [5, 5.41) is 12.7. The minimum absolute atomic E-state index is 0.0206. The second kappa shape index (κ2) is 10.0. The van der Waals surface area contributed by atoms with E-state index in [-0.39, 0.29) is 30.1 Å². The second-order valence-electron chi connectivity index (χ2n) is 6.81. The number of benzene rings is 1. The molecule has 1 fully saturated rings. The van der Waals surface area contributed by atoms with Gasteiger partial charge in [-0.25, -0.2) is 0 Å². The molecule has 144 valence electrons. The van der Waals surface area contributed by atoms with Gasteiger partial charge in [-0.05, 0) is 62.6 Å². The van der Waals surface area contributed by atoms with Crippen molar-refractivity contribution in [2.75, 3.05) is 13.7 Å². The third-order valence-corrected chi connectivity index (χ3v) is 4.88. The molecule has 0 heterocycles. The Bertz CT molecular complexity index is 608. The van der Waals surface area contributed by atoms with Gasteiger partial charge in [0, 0.05) is 12.5 Å². The van der Waals surface area contributed by atoms with Crippen molar-refractivity contribution in [3.8, 4) is 11.5 Å². The Balaban J connectivity index is 1.72. The molecular weight excluding hydrogens is 334 g/mol. The number of ether oxygens (including phenoxy) is 2. The molecule has 1 aliphatic carbocycles. The summed E-state index contributed by atoms with van der Waals surface area (Å²) in [6.07, 6.45) is 5.55. The van der Waals surface area contributed by atoms with Gasteiger partial charge in [-0.15, -0.1) is 0 Å². The smallest absolute Gasteiger partial charge is 0.305 e. The quantitative estimate of drug-likeness (QED) is 0.694. The molecule has 1 saturated carbocycles. The van der Waals surface area contributed by atoms with Crippen LogP contribution in [0.1, 0.15) is 51.0 Å². The van der Waals surface area contributed by atoms with E-state index in [9.17, 15) is 14.7 Å². The monoisotopic (exact) mass is 363 g/mol. The maximum Gasteiger partial charge on any atom is 0.305 e. The molecule has 1 aromatic carbocycles. The highest BCUT2D eigenvalue weighted by atomic mass is 16.5. The first-order chi connectivity index (χ1) is 12.5. The van der Waals surface area contributed by atoms with Gasteiger partial charge in [-0.3, -0.25) is 9.59 Å². The van der Waals surface area contributed by atoms with Gasteiger partial charge in [0.25, 0.3) is 0 Å². The molecule has 1 aliphatic rings. The standard InChI is InChI=1S/C20H29NO5/c1-3-26-20(24)11-7-14-4-8-16(9-5-14)21-19(23)13-15-6-10-17(22)18(12-15)25-2/h6,10,12,14,16,22H,3-5,7-9,11,13H2,1-2H3,(H,21,23). The first-order valence-electron chi connectivity index (χ1n) is 9.32. The van der Waals surface area contributed by atoms with E-state index in [1.165, 1.54) is 13.2 Å². The van der Waals surface area contributed by atoms with Crippen LogP contribution in [0.3, 0.4) is 0 Å². The Labute approximate surface area is 154 Å². The number of carbonyl (C=O) groups is 2. The molecule has 0 unspecified atom stereocenters. The Kier molecular flexibility index (Phi) is 7.75. The lowest BCUT2D eigenvalue weighted by Gasteiger charge is -2.29. The van der Waals surface area contributed by atoms with E-state index >= 15 is 0 Å². The highest BCUT2D eigenvalue weighted by Crippen LogP contribution is 2.29. The Morgan fingerprint density at radius 1 is 1.23 bits per heavy atom. The molecule has 0 radical (unpaired) electrons. The van der Waals surface area contributed by atoms with E-state index in [2.05, 4.69) is 5.32 Å². The van der Waals surface area contributed by atoms with Gasteiger partial charge < -0.3 is 19.9 Å². The van der Waals surface area contributed by atoms with Gasteiger partial charge in [0.05, 0.1) is 20.1 Å². The molecule has 0 saturated heterocycles. The molecule has 1 amide bonds. The van der Waals surface area contributed by atoms with Crippen LogP contribution in [0.5, 0.6) is 11.5 Å². The number of nitrogens with one attached hydrogen (secondary N) is 1. The lowest BCUT2D eigenvalue weighted by Crippen LogP contribution is -2.38. The first kappa shape index (κ1) is 20.1.